The van der Waals surface area contributed by atoms with E-state index in [1.165, 1.54) is 18.5 Å². The van der Waals surface area contributed by atoms with Gasteiger partial charge in [-0.1, -0.05) is 60.1 Å². The molecule has 5 rings (SSSR count). The van der Waals surface area contributed by atoms with Crippen LogP contribution in [-0.4, -0.2) is 15.9 Å². The number of nitrogens with zero attached hydrogens (tertiary/aromatic N) is 3. The minimum absolute atomic E-state index is 0.0794. The molecule has 34 heavy (non-hydrogen) atoms. The number of rotatable bonds is 7. The molecule has 0 aliphatic carbocycles. The minimum atomic E-state index is -0.821. The lowest BCUT2D eigenvalue weighted by Gasteiger charge is -2.11. The summed E-state index contributed by atoms with van der Waals surface area (Å²) in [7, 11) is 0. The molecule has 1 fully saturated rings. The molecule has 0 spiro atoms. The van der Waals surface area contributed by atoms with Crippen LogP contribution in [0.25, 0.3) is 0 Å². The van der Waals surface area contributed by atoms with Crippen molar-refractivity contribution in [2.24, 2.45) is 0 Å². The van der Waals surface area contributed by atoms with E-state index in [4.69, 9.17) is 25.8 Å². The van der Waals surface area contributed by atoms with Crippen LogP contribution in [0.15, 0.2) is 91.5 Å². The van der Waals surface area contributed by atoms with E-state index in [2.05, 4.69) is 5.10 Å². The van der Waals surface area contributed by atoms with Crippen LogP contribution in [-0.2, 0) is 28.4 Å². The maximum Gasteiger partial charge on any atom is 0.516 e. The molecular weight excluding hydrogens is 461 g/mol. The van der Waals surface area contributed by atoms with E-state index in [0.717, 1.165) is 11.1 Å². The number of benzene rings is 3. The number of ether oxygens (including phenoxy) is 3. The van der Waals surface area contributed by atoms with E-state index in [-0.39, 0.29) is 18.7 Å². The lowest BCUT2D eigenvalue weighted by atomic mass is 9.91. The number of hydrogen-bond acceptors (Lipinski definition) is 5. The van der Waals surface area contributed by atoms with Crippen molar-refractivity contribution in [3.05, 3.63) is 113 Å². The van der Waals surface area contributed by atoms with Crippen molar-refractivity contribution in [3.8, 4) is 5.75 Å². The molecule has 1 aliphatic rings. The van der Waals surface area contributed by atoms with E-state index >= 15 is 0 Å². The average molecular weight is 481 g/mol. The number of halogens is 2. The summed E-state index contributed by atoms with van der Waals surface area (Å²) >= 11 is 6.41. The first-order valence-corrected chi connectivity index (χ1v) is 10.9. The monoisotopic (exact) mass is 480 g/mol. The van der Waals surface area contributed by atoms with Gasteiger partial charge in [-0.05, 0) is 35.9 Å². The van der Waals surface area contributed by atoms with Gasteiger partial charge < -0.3 is 14.2 Å². The van der Waals surface area contributed by atoms with Crippen molar-refractivity contribution in [1.29, 1.82) is 0 Å². The molecular formula is C25H20ClFN3O4+. The highest BCUT2D eigenvalue weighted by atomic mass is 35.5. The van der Waals surface area contributed by atoms with E-state index < -0.39 is 11.8 Å². The van der Waals surface area contributed by atoms with Gasteiger partial charge in [-0.3, -0.25) is 0 Å². The Morgan fingerprint density at radius 1 is 1.09 bits per heavy atom. The van der Waals surface area contributed by atoms with Gasteiger partial charge in [0.05, 0.1) is 0 Å². The fraction of sp³-hybridized carbons (Fsp3) is 0.160. The molecule has 0 N–H and O–H groups in total. The van der Waals surface area contributed by atoms with Gasteiger partial charge in [-0.25, -0.2) is 13.8 Å². The minimum Gasteiger partial charge on any atom is -0.399 e. The van der Waals surface area contributed by atoms with Gasteiger partial charge in [0, 0.05) is 15.7 Å². The van der Waals surface area contributed by atoms with Gasteiger partial charge in [0.2, 0.25) is 13.1 Å². The third-order valence-corrected chi connectivity index (χ3v) is 5.86. The number of carbonyl (C=O) groups excluding carboxylic acids is 1. The Hall–Kier alpha value is -3.75. The second-order valence-electron chi connectivity index (χ2n) is 7.81. The number of epoxide rings is 1. The van der Waals surface area contributed by atoms with Crippen LogP contribution in [0.3, 0.4) is 0 Å². The first-order valence-electron chi connectivity index (χ1n) is 10.5. The first kappa shape index (κ1) is 22.1. The second kappa shape index (κ2) is 9.24. The summed E-state index contributed by atoms with van der Waals surface area (Å²) in [6.45, 7) is 0.264. The van der Waals surface area contributed by atoms with E-state index in [1.807, 2.05) is 30.3 Å². The van der Waals surface area contributed by atoms with Crippen molar-refractivity contribution in [1.82, 2.24) is 9.78 Å². The Morgan fingerprint density at radius 3 is 2.59 bits per heavy atom. The van der Waals surface area contributed by atoms with Crippen molar-refractivity contribution in [2.75, 3.05) is 0 Å². The molecule has 3 aromatic carbocycles. The third-order valence-electron chi connectivity index (χ3n) is 5.52. The van der Waals surface area contributed by atoms with Crippen LogP contribution < -0.4 is 9.30 Å². The molecule has 0 radical (unpaired) electrons. The third kappa shape index (κ3) is 4.64. The summed E-state index contributed by atoms with van der Waals surface area (Å²) in [6, 6.07) is 22.3. The van der Waals surface area contributed by atoms with E-state index in [0.29, 0.717) is 17.3 Å². The molecule has 172 valence electrons. The van der Waals surface area contributed by atoms with Crippen LogP contribution in [0.1, 0.15) is 17.2 Å². The van der Waals surface area contributed by atoms with Crippen molar-refractivity contribution in [3.63, 3.8) is 0 Å². The highest BCUT2D eigenvalue weighted by molar-refractivity contribution is 6.31. The van der Waals surface area contributed by atoms with Crippen molar-refractivity contribution < 1.29 is 28.0 Å². The quantitative estimate of drug-likeness (QED) is 0.164. The second-order valence-corrected chi connectivity index (χ2v) is 8.22. The molecule has 4 aromatic rings. The normalized spacial score (nSPS) is 18.9. The Balaban J connectivity index is 1.30. The highest BCUT2D eigenvalue weighted by Crippen LogP contribution is 2.59. The highest BCUT2D eigenvalue weighted by Gasteiger charge is 2.61. The standard InChI is InChI=1S/C25H20ClFN3O4/c26-22-9-5-4-8-21(22)23-25(34-23,18-10-12-19(27)13-11-18)14-30-16-29(15-28-30)17-32-24(31)33-20-6-2-1-3-7-20/h1-13,15-16,23H,14,17H2/q+1. The largest absolute Gasteiger partial charge is 0.516 e. The summed E-state index contributed by atoms with van der Waals surface area (Å²) in [5.41, 5.74) is 0.888. The van der Waals surface area contributed by atoms with Crippen LogP contribution >= 0.6 is 11.6 Å². The molecule has 2 atom stereocenters. The van der Waals surface area contributed by atoms with Gasteiger partial charge in [0.15, 0.2) is 5.60 Å². The lowest BCUT2D eigenvalue weighted by molar-refractivity contribution is -0.728. The Kier molecular flexibility index (Phi) is 6.00. The number of aromatic nitrogens is 3. The molecule has 0 bridgehead atoms. The molecule has 0 saturated carbocycles. The zero-order chi connectivity index (χ0) is 23.5. The zero-order valence-electron chi connectivity index (χ0n) is 17.9. The smallest absolute Gasteiger partial charge is 0.399 e. The Bertz CT molecular complexity index is 1300. The number of hydrogen-bond donors (Lipinski definition) is 0. The number of para-hydroxylation sites is 1. The molecule has 2 heterocycles. The molecule has 1 aromatic heterocycles. The number of carbonyl (C=O) groups is 1. The summed E-state index contributed by atoms with van der Waals surface area (Å²) in [5.74, 6) is 0.0660. The predicted octanol–water partition coefficient (Wildman–Crippen LogP) is 4.80. The van der Waals surface area contributed by atoms with E-state index in [1.54, 1.807) is 52.0 Å². The molecule has 7 nitrogen and oxygen atoms in total. The van der Waals surface area contributed by atoms with Gasteiger partial charge in [0.1, 0.15) is 24.2 Å². The summed E-state index contributed by atoms with van der Waals surface area (Å²) < 4.78 is 33.3. The Morgan fingerprint density at radius 2 is 1.82 bits per heavy atom. The van der Waals surface area contributed by atoms with Gasteiger partial charge in [0.25, 0.3) is 6.33 Å². The maximum absolute atomic E-state index is 13.6. The fourth-order valence-corrected chi connectivity index (χ4v) is 4.07. The average Bonchev–Trinajstić information content (AvgIpc) is 3.38. The van der Waals surface area contributed by atoms with Crippen LogP contribution in [0, 0.1) is 5.82 Å². The predicted molar refractivity (Wildman–Crippen MR) is 119 cm³/mol. The lowest BCUT2D eigenvalue weighted by Crippen LogP contribution is -2.34. The fourth-order valence-electron chi connectivity index (χ4n) is 3.84. The van der Waals surface area contributed by atoms with Gasteiger partial charge >= 0.3 is 6.16 Å². The molecule has 0 amide bonds. The molecule has 2 unspecified atom stereocenters. The molecule has 9 heteroatoms. The molecule has 1 saturated heterocycles. The van der Waals surface area contributed by atoms with Crippen molar-refractivity contribution >= 4 is 17.8 Å². The van der Waals surface area contributed by atoms with E-state index in [9.17, 15) is 9.18 Å². The summed E-state index contributed by atoms with van der Waals surface area (Å²) in [6.07, 6.45) is 2.08. The Labute approximate surface area is 199 Å². The van der Waals surface area contributed by atoms with Crippen LogP contribution in [0.2, 0.25) is 5.02 Å². The maximum atomic E-state index is 13.6. The van der Waals surface area contributed by atoms with Crippen molar-refractivity contribution in [2.45, 2.75) is 25.0 Å². The van der Waals surface area contributed by atoms with Crippen LogP contribution in [0.4, 0.5) is 9.18 Å². The SMILES string of the molecule is O=C(OC[n+]1cnn(CC2(c3ccc(F)cc3)OC2c2ccccc2Cl)c1)Oc1ccccc1. The first-order chi connectivity index (χ1) is 16.5. The molecule has 1 aliphatic heterocycles. The summed E-state index contributed by atoms with van der Waals surface area (Å²) in [4.78, 5) is 11.9. The van der Waals surface area contributed by atoms with Crippen LogP contribution in [0.5, 0.6) is 5.75 Å². The topological polar surface area (TPSA) is 69.8 Å². The van der Waals surface area contributed by atoms with Gasteiger partial charge in [-0.15, -0.1) is 4.68 Å². The zero-order valence-corrected chi connectivity index (χ0v) is 18.6. The summed E-state index contributed by atoms with van der Waals surface area (Å²) in [5, 5.41) is 4.95. The van der Waals surface area contributed by atoms with Gasteiger partial charge in [-0.2, -0.15) is 0 Å².